The number of hydrogen-bond donors (Lipinski definition) is 2. The first-order valence-electron chi connectivity index (χ1n) is 8.17. The molecule has 152 valence electrons. The van der Waals surface area contributed by atoms with E-state index in [2.05, 4.69) is 5.32 Å². The summed E-state index contributed by atoms with van der Waals surface area (Å²) in [4.78, 5) is 47.6. The van der Waals surface area contributed by atoms with Gasteiger partial charge in [-0.05, 0) is 18.2 Å². The summed E-state index contributed by atoms with van der Waals surface area (Å²) < 4.78 is 18.3. The van der Waals surface area contributed by atoms with Crippen LogP contribution in [0.25, 0.3) is 0 Å². The SMILES string of the molecule is CN(C)c1ccc([N+](=O)[O-])cc1C(=O)OCC(=O)NC(=O)Nc1ccccc1F. The second-order valence-corrected chi connectivity index (χ2v) is 5.91. The zero-order valence-electron chi connectivity index (χ0n) is 15.5. The molecule has 10 nitrogen and oxygen atoms in total. The number of urea groups is 1. The predicted molar refractivity (Wildman–Crippen MR) is 101 cm³/mol. The Morgan fingerprint density at radius 2 is 1.86 bits per heavy atom. The summed E-state index contributed by atoms with van der Waals surface area (Å²) in [5.74, 6) is -2.64. The molecule has 0 unspecified atom stereocenters. The maximum absolute atomic E-state index is 13.5. The van der Waals surface area contributed by atoms with Crippen molar-refractivity contribution < 1.29 is 28.4 Å². The summed E-state index contributed by atoms with van der Waals surface area (Å²) in [6, 6.07) is 7.96. The third-order valence-corrected chi connectivity index (χ3v) is 3.60. The molecule has 0 aromatic heterocycles. The molecular formula is C18H17FN4O6. The summed E-state index contributed by atoms with van der Waals surface area (Å²) in [6.07, 6.45) is 0. The number of hydrogen-bond acceptors (Lipinski definition) is 7. The van der Waals surface area contributed by atoms with Crippen LogP contribution in [-0.4, -0.2) is 43.5 Å². The summed E-state index contributed by atoms with van der Waals surface area (Å²) in [6.45, 7) is -0.820. The molecule has 2 aromatic carbocycles. The summed E-state index contributed by atoms with van der Waals surface area (Å²) in [7, 11) is 3.25. The number of para-hydroxylation sites is 1. The fourth-order valence-electron chi connectivity index (χ4n) is 2.28. The monoisotopic (exact) mass is 404 g/mol. The Morgan fingerprint density at radius 3 is 2.48 bits per heavy atom. The molecular weight excluding hydrogens is 387 g/mol. The van der Waals surface area contributed by atoms with E-state index in [1.54, 1.807) is 19.0 Å². The highest BCUT2D eigenvalue weighted by atomic mass is 19.1. The first-order valence-corrected chi connectivity index (χ1v) is 8.17. The fourth-order valence-corrected chi connectivity index (χ4v) is 2.28. The normalized spacial score (nSPS) is 10.0. The highest BCUT2D eigenvalue weighted by Gasteiger charge is 2.20. The van der Waals surface area contributed by atoms with Gasteiger partial charge in [0.15, 0.2) is 6.61 Å². The topological polar surface area (TPSA) is 131 Å². The summed E-state index contributed by atoms with van der Waals surface area (Å²) in [5, 5.41) is 14.9. The second kappa shape index (κ2) is 9.26. The van der Waals surface area contributed by atoms with Gasteiger partial charge in [0.1, 0.15) is 5.82 Å². The minimum atomic E-state index is -1.01. The Balaban J connectivity index is 1.98. The number of carbonyl (C=O) groups excluding carboxylic acids is 3. The van der Waals surface area contributed by atoms with Gasteiger partial charge in [-0.2, -0.15) is 0 Å². The van der Waals surface area contributed by atoms with Gasteiger partial charge in [-0.1, -0.05) is 12.1 Å². The number of amides is 3. The van der Waals surface area contributed by atoms with Gasteiger partial charge in [0.05, 0.1) is 21.9 Å². The van der Waals surface area contributed by atoms with E-state index in [0.29, 0.717) is 5.69 Å². The van der Waals surface area contributed by atoms with E-state index in [1.165, 1.54) is 30.3 Å². The number of benzene rings is 2. The molecule has 0 heterocycles. The van der Waals surface area contributed by atoms with E-state index < -0.39 is 35.3 Å². The molecule has 3 amide bonds. The van der Waals surface area contributed by atoms with Crippen LogP contribution in [0.2, 0.25) is 0 Å². The smallest absolute Gasteiger partial charge is 0.341 e. The van der Waals surface area contributed by atoms with Crippen LogP contribution in [0.5, 0.6) is 0 Å². The number of nitro benzene ring substituents is 1. The van der Waals surface area contributed by atoms with Gasteiger partial charge in [-0.15, -0.1) is 0 Å². The molecule has 0 bridgehead atoms. The number of halogens is 1. The van der Waals surface area contributed by atoms with Crippen LogP contribution in [0, 0.1) is 15.9 Å². The maximum Gasteiger partial charge on any atom is 0.341 e. The highest BCUT2D eigenvalue weighted by molar-refractivity contribution is 6.03. The fraction of sp³-hybridized carbons (Fsp3) is 0.167. The minimum absolute atomic E-state index is 0.118. The van der Waals surface area contributed by atoms with Crippen molar-refractivity contribution >= 4 is 35.0 Å². The van der Waals surface area contributed by atoms with Crippen LogP contribution in [0.4, 0.5) is 26.2 Å². The van der Waals surface area contributed by atoms with E-state index >= 15 is 0 Å². The van der Waals surface area contributed by atoms with Crippen LogP contribution in [0.1, 0.15) is 10.4 Å². The summed E-state index contributed by atoms with van der Waals surface area (Å²) in [5.41, 5.74) is -0.232. The summed E-state index contributed by atoms with van der Waals surface area (Å²) >= 11 is 0. The molecule has 0 spiro atoms. The maximum atomic E-state index is 13.5. The van der Waals surface area contributed by atoms with Crippen molar-refractivity contribution in [3.8, 4) is 0 Å². The number of nitrogens with zero attached hydrogens (tertiary/aromatic N) is 2. The van der Waals surface area contributed by atoms with Crippen molar-refractivity contribution in [2.45, 2.75) is 0 Å². The molecule has 2 rings (SSSR count). The zero-order chi connectivity index (χ0) is 21.6. The Hall–Kier alpha value is -4.02. The predicted octanol–water partition coefficient (Wildman–Crippen LogP) is 2.31. The Kier molecular flexibility index (Phi) is 6.80. The number of esters is 1. The lowest BCUT2D eigenvalue weighted by Crippen LogP contribution is -2.37. The highest BCUT2D eigenvalue weighted by Crippen LogP contribution is 2.24. The first kappa shape index (κ1) is 21.3. The van der Waals surface area contributed by atoms with Crippen molar-refractivity contribution in [3.05, 3.63) is 64.0 Å². The Morgan fingerprint density at radius 1 is 1.17 bits per heavy atom. The Bertz CT molecular complexity index is 963. The molecule has 0 saturated carbocycles. The van der Waals surface area contributed by atoms with Crippen molar-refractivity contribution in [1.29, 1.82) is 0 Å². The number of imide groups is 1. The van der Waals surface area contributed by atoms with Crippen molar-refractivity contribution in [1.82, 2.24) is 5.32 Å². The number of nitrogens with one attached hydrogen (secondary N) is 2. The van der Waals surface area contributed by atoms with E-state index in [0.717, 1.165) is 12.1 Å². The molecule has 0 radical (unpaired) electrons. The van der Waals surface area contributed by atoms with Gasteiger partial charge in [0.2, 0.25) is 0 Å². The van der Waals surface area contributed by atoms with Crippen molar-refractivity contribution in [3.63, 3.8) is 0 Å². The molecule has 0 fully saturated rings. The van der Waals surface area contributed by atoms with E-state index in [9.17, 15) is 28.9 Å². The zero-order valence-corrected chi connectivity index (χ0v) is 15.5. The molecule has 11 heteroatoms. The van der Waals surface area contributed by atoms with E-state index in [4.69, 9.17) is 4.74 Å². The molecule has 0 saturated heterocycles. The van der Waals surface area contributed by atoms with Gasteiger partial charge >= 0.3 is 12.0 Å². The molecule has 2 aromatic rings. The third-order valence-electron chi connectivity index (χ3n) is 3.60. The largest absolute Gasteiger partial charge is 0.452 e. The quantitative estimate of drug-likeness (QED) is 0.429. The minimum Gasteiger partial charge on any atom is -0.452 e. The van der Waals surface area contributed by atoms with Crippen LogP contribution >= 0.6 is 0 Å². The van der Waals surface area contributed by atoms with Gasteiger partial charge < -0.3 is 15.0 Å². The van der Waals surface area contributed by atoms with Crippen molar-refractivity contribution in [2.75, 3.05) is 30.9 Å². The average molecular weight is 404 g/mol. The molecule has 2 N–H and O–H groups in total. The molecule has 0 atom stereocenters. The van der Waals surface area contributed by atoms with Gasteiger partial charge in [-0.3, -0.25) is 20.2 Å². The van der Waals surface area contributed by atoms with Crippen LogP contribution in [0.15, 0.2) is 42.5 Å². The molecule has 0 aliphatic heterocycles. The second-order valence-electron chi connectivity index (χ2n) is 5.91. The molecule has 0 aliphatic rings. The number of carbonyl (C=O) groups is 3. The van der Waals surface area contributed by atoms with Crippen molar-refractivity contribution in [2.24, 2.45) is 0 Å². The van der Waals surface area contributed by atoms with E-state index in [1.807, 2.05) is 5.32 Å². The standard InChI is InChI=1S/C18H17FN4O6/c1-22(2)15-8-7-11(23(27)28)9-12(15)17(25)29-10-16(24)21-18(26)20-14-6-4-3-5-13(14)19/h3-9H,10H2,1-2H3,(H2,20,21,24,26). The number of rotatable bonds is 6. The van der Waals surface area contributed by atoms with Gasteiger partial charge in [0.25, 0.3) is 11.6 Å². The molecule has 0 aliphatic carbocycles. The number of non-ortho nitro benzene ring substituents is 1. The lowest BCUT2D eigenvalue weighted by atomic mass is 10.1. The lowest BCUT2D eigenvalue weighted by Gasteiger charge is -2.16. The van der Waals surface area contributed by atoms with Gasteiger partial charge in [0, 0.05) is 26.2 Å². The van der Waals surface area contributed by atoms with E-state index in [-0.39, 0.29) is 16.9 Å². The number of nitro groups is 1. The first-order chi connectivity index (χ1) is 13.7. The Labute approximate surface area is 164 Å². The number of ether oxygens (including phenoxy) is 1. The van der Waals surface area contributed by atoms with Crippen LogP contribution < -0.4 is 15.5 Å². The molecule has 29 heavy (non-hydrogen) atoms. The lowest BCUT2D eigenvalue weighted by molar-refractivity contribution is -0.384. The number of anilines is 2. The average Bonchev–Trinajstić information content (AvgIpc) is 2.67. The van der Waals surface area contributed by atoms with Crippen LogP contribution in [-0.2, 0) is 9.53 Å². The third kappa shape index (κ3) is 5.73. The van der Waals surface area contributed by atoms with Gasteiger partial charge in [-0.25, -0.2) is 14.0 Å². The van der Waals surface area contributed by atoms with Crippen LogP contribution in [0.3, 0.4) is 0 Å².